The van der Waals surface area contributed by atoms with E-state index < -0.39 is 0 Å². The Morgan fingerprint density at radius 3 is 0.417 bits per heavy atom. The Kier molecular flexibility index (Phi) is 67.6. The van der Waals surface area contributed by atoms with Gasteiger partial charge in [0.25, 0.3) is 0 Å². The molecule has 148 valence electrons. The van der Waals surface area contributed by atoms with Gasteiger partial charge >= 0.3 is 0 Å². The van der Waals surface area contributed by atoms with Gasteiger partial charge in [-0.15, -0.1) is 0 Å². The Balaban J connectivity index is -0.0000000193. The van der Waals surface area contributed by atoms with E-state index in [1.165, 1.54) is 23.7 Å². The van der Waals surface area contributed by atoms with Crippen LogP contribution in [0.5, 0.6) is 0 Å². The molecule has 0 nitrogen and oxygen atoms in total. The standard InChI is InChI=1S/C4H12Si2.4C4H9.2Sn.2H2/c1-5(2)6(3)4;4*1-4(2)3;;;;/h1-4H3;4*1-3H3;;;2*1H. The first-order valence-corrected chi connectivity index (χ1v) is 14.2. The van der Waals surface area contributed by atoms with Crippen molar-refractivity contribution in [1.29, 1.82) is 0 Å². The van der Waals surface area contributed by atoms with Crippen LogP contribution in [0.2, 0.25) is 26.2 Å². The Labute approximate surface area is 198 Å². The molecule has 0 aliphatic carbocycles. The molecule has 0 saturated heterocycles. The van der Waals surface area contributed by atoms with E-state index in [0.717, 1.165) is 0 Å². The SMILES string of the molecule is C[C](C)C.C[C](C)C.C[C](C)C.C[C](C)C.C[Si](C)=[Si](C)C.[HH].[HH].[Sn].[Sn]. The van der Waals surface area contributed by atoms with Crippen molar-refractivity contribution in [2.24, 2.45) is 0 Å². The van der Waals surface area contributed by atoms with Crippen molar-refractivity contribution >= 4 is 63.6 Å². The average molecular weight is 586 g/mol. The zero-order valence-electron chi connectivity index (χ0n) is 20.0. The Bertz CT molecular complexity index is 169. The van der Waals surface area contributed by atoms with Gasteiger partial charge < -0.3 is 0 Å². The van der Waals surface area contributed by atoms with Crippen LogP contribution < -0.4 is 0 Å². The summed E-state index contributed by atoms with van der Waals surface area (Å²) in [5, 5.41) is 0. The minimum atomic E-state index is 0. The molecule has 0 rings (SSSR count). The van der Waals surface area contributed by atoms with Crippen molar-refractivity contribution in [2.75, 3.05) is 0 Å². The third-order valence-electron chi connectivity index (χ3n) is 1.00. The molecular weight excluding hydrogens is 534 g/mol. The van der Waals surface area contributed by atoms with Crippen LogP contribution in [0.15, 0.2) is 0 Å². The fraction of sp³-hybridized carbons (Fsp3) is 0.800. The van der Waals surface area contributed by atoms with Gasteiger partial charge in [-0.1, -0.05) is 109 Å². The number of hydrogen-bond donors (Lipinski definition) is 0. The van der Waals surface area contributed by atoms with E-state index in [4.69, 9.17) is 0 Å². The molecular formula is C20H52Si2Sn2. The predicted molar refractivity (Wildman–Crippen MR) is 132 cm³/mol. The first kappa shape index (κ1) is 45.0. The summed E-state index contributed by atoms with van der Waals surface area (Å²) in [6.07, 6.45) is 0. The molecule has 0 unspecified atom stereocenters. The molecule has 0 N–H and O–H groups in total. The maximum Gasteiger partial charge on any atom is 0 e. The minimum absolute atomic E-state index is 0. The second-order valence-electron chi connectivity index (χ2n) is 8.00. The van der Waals surface area contributed by atoms with Crippen LogP contribution in [0.4, 0.5) is 0 Å². The summed E-state index contributed by atoms with van der Waals surface area (Å²) >= 11 is 0. The first-order valence-electron chi connectivity index (χ1n) is 8.25. The molecule has 0 aliphatic heterocycles. The van der Waals surface area contributed by atoms with Crippen LogP contribution in [0.1, 0.15) is 85.9 Å². The molecule has 0 fully saturated rings. The normalized spacial score (nSPS) is 8.00. The summed E-state index contributed by atoms with van der Waals surface area (Å²) in [4.78, 5) is 0. The number of hydrogen-bond acceptors (Lipinski definition) is 0. The molecule has 4 heteroatoms. The van der Waals surface area contributed by atoms with E-state index in [2.05, 4.69) is 109 Å². The molecule has 0 bridgehead atoms. The monoisotopic (exact) mass is 588 g/mol. The quantitative estimate of drug-likeness (QED) is 0.255. The zero-order valence-corrected chi connectivity index (χ0v) is 27.7. The second-order valence-corrected chi connectivity index (χ2v) is 18.0. The van der Waals surface area contributed by atoms with Gasteiger partial charge in [-0.25, -0.2) is 0 Å². The van der Waals surface area contributed by atoms with Gasteiger partial charge in [-0.2, -0.15) is 0 Å². The van der Waals surface area contributed by atoms with Crippen molar-refractivity contribution in [2.45, 2.75) is 109 Å². The zero-order chi connectivity index (χ0) is 19.5. The Morgan fingerprint density at radius 1 is 0.375 bits per heavy atom. The third-order valence-corrected chi connectivity index (χ3v) is 9.00. The summed E-state index contributed by atoms with van der Waals surface area (Å²) in [5.41, 5.74) is 0. The largest absolute Gasteiger partial charge is 0.0600 e. The molecule has 0 heterocycles. The van der Waals surface area contributed by atoms with Crippen LogP contribution in [0.25, 0.3) is 0 Å². The van der Waals surface area contributed by atoms with Gasteiger partial charge in [0.1, 0.15) is 0 Å². The molecule has 0 aromatic heterocycles. The molecule has 0 spiro atoms. The fourth-order valence-electron chi connectivity index (χ4n) is 0. The van der Waals surface area contributed by atoms with Gasteiger partial charge in [0.05, 0.1) is 0 Å². The van der Waals surface area contributed by atoms with Crippen molar-refractivity contribution < 1.29 is 2.85 Å². The van der Waals surface area contributed by atoms with Crippen molar-refractivity contribution in [3.63, 3.8) is 0 Å². The summed E-state index contributed by atoms with van der Waals surface area (Å²) in [6.45, 7) is 34.6. The molecule has 0 amide bonds. The number of rotatable bonds is 0. The summed E-state index contributed by atoms with van der Waals surface area (Å²) in [6, 6.07) is 0. The summed E-state index contributed by atoms with van der Waals surface area (Å²) < 4.78 is 0. The molecule has 0 aromatic rings. The molecule has 0 aliphatic rings. The summed E-state index contributed by atoms with van der Waals surface area (Å²) in [5.74, 6) is 5.67. The van der Waals surface area contributed by atoms with Gasteiger partial charge in [-0.3, -0.25) is 0 Å². The van der Waals surface area contributed by atoms with E-state index >= 15 is 0 Å². The fourth-order valence-corrected chi connectivity index (χ4v) is 0. The van der Waals surface area contributed by atoms with Gasteiger partial charge in [0.2, 0.25) is 0 Å². The smallest absolute Gasteiger partial charge is 0 e. The van der Waals surface area contributed by atoms with E-state index in [1.807, 2.05) is 0 Å². The Hall–Kier alpha value is 2.03. The molecule has 12 radical (unpaired) electrons. The molecule has 0 aromatic carbocycles. The predicted octanol–water partition coefficient (Wildman–Crippen LogP) is 7.79. The van der Waals surface area contributed by atoms with E-state index in [0.29, 0.717) is 0 Å². The van der Waals surface area contributed by atoms with Crippen LogP contribution in [-0.2, 0) is 0 Å². The van der Waals surface area contributed by atoms with Crippen LogP contribution in [0, 0.1) is 23.7 Å². The Morgan fingerprint density at radius 2 is 0.417 bits per heavy atom. The van der Waals surface area contributed by atoms with E-state index in [1.54, 1.807) is 0 Å². The maximum absolute atomic E-state index is 2.39. The van der Waals surface area contributed by atoms with Crippen LogP contribution in [-0.4, -0.2) is 63.6 Å². The molecule has 24 heavy (non-hydrogen) atoms. The van der Waals surface area contributed by atoms with Gasteiger partial charge in [-0.05, 0) is 39.5 Å². The van der Waals surface area contributed by atoms with Crippen molar-refractivity contribution in [3.05, 3.63) is 23.7 Å². The van der Waals surface area contributed by atoms with Crippen LogP contribution >= 0.6 is 0 Å². The molecule has 0 atom stereocenters. The topological polar surface area (TPSA) is 0 Å². The minimum Gasteiger partial charge on any atom is -0.0600 e. The van der Waals surface area contributed by atoms with Crippen molar-refractivity contribution in [1.82, 2.24) is 0 Å². The third kappa shape index (κ3) is 350. The van der Waals surface area contributed by atoms with Crippen LogP contribution in [0.3, 0.4) is 0 Å². The average Bonchev–Trinajstić information content (AvgIpc) is 2.12. The first-order chi connectivity index (χ1) is 9.57. The van der Waals surface area contributed by atoms with E-state index in [9.17, 15) is 0 Å². The molecule has 0 saturated carbocycles. The van der Waals surface area contributed by atoms with Crippen molar-refractivity contribution in [3.8, 4) is 0 Å². The summed E-state index contributed by atoms with van der Waals surface area (Å²) in [7, 11) is 0.300. The maximum atomic E-state index is 2.39. The van der Waals surface area contributed by atoms with E-state index in [-0.39, 0.29) is 66.4 Å². The second kappa shape index (κ2) is 36.0. The van der Waals surface area contributed by atoms with Gasteiger partial charge in [0, 0.05) is 50.7 Å². The van der Waals surface area contributed by atoms with Gasteiger partial charge in [0.15, 0.2) is 0 Å².